The van der Waals surface area contributed by atoms with Gasteiger partial charge in [-0.1, -0.05) is 66.7 Å². The average Bonchev–Trinajstić information content (AvgIpc) is 3.28. The van der Waals surface area contributed by atoms with Crippen LogP contribution in [0.3, 0.4) is 0 Å². The van der Waals surface area contributed by atoms with Gasteiger partial charge in [-0.15, -0.1) is 0 Å². The van der Waals surface area contributed by atoms with E-state index in [2.05, 4.69) is 4.99 Å². The number of carbonyl (C=O) groups excluding carboxylic acids is 1. The Morgan fingerprint density at radius 3 is 2.15 bits per heavy atom. The van der Waals surface area contributed by atoms with Gasteiger partial charge in [0.25, 0.3) is 11.5 Å². The first-order valence-corrected chi connectivity index (χ1v) is 10.8. The van der Waals surface area contributed by atoms with Crippen molar-refractivity contribution in [1.82, 2.24) is 9.36 Å². The molecule has 0 radical (unpaired) electrons. The van der Waals surface area contributed by atoms with Crippen molar-refractivity contribution in [3.63, 3.8) is 0 Å². The first-order valence-electron chi connectivity index (χ1n) is 10.8. The third-order valence-electron chi connectivity index (χ3n) is 5.87. The van der Waals surface area contributed by atoms with E-state index in [1.165, 1.54) is 15.7 Å². The maximum absolute atomic E-state index is 13.7. The van der Waals surface area contributed by atoms with Crippen molar-refractivity contribution in [1.29, 1.82) is 0 Å². The van der Waals surface area contributed by atoms with Crippen LogP contribution in [0.15, 0.2) is 100 Å². The lowest BCUT2D eigenvalue weighted by molar-refractivity contribution is -0.113. The topological polar surface area (TPSA) is 79.8 Å². The number of hydrogen-bond donors (Lipinski definition) is 1. The van der Waals surface area contributed by atoms with E-state index in [0.29, 0.717) is 28.3 Å². The molecule has 0 bridgehead atoms. The van der Waals surface area contributed by atoms with Gasteiger partial charge in [-0.2, -0.15) is 0 Å². The summed E-state index contributed by atoms with van der Waals surface area (Å²) >= 11 is 0. The quantitative estimate of drug-likeness (QED) is 0.477. The van der Waals surface area contributed by atoms with Crippen molar-refractivity contribution in [2.75, 3.05) is 4.90 Å². The lowest BCUT2D eigenvalue weighted by Crippen LogP contribution is -2.36. The number of amidine groups is 1. The second-order valence-electron chi connectivity index (χ2n) is 7.94. The number of aromatic nitrogens is 2. The summed E-state index contributed by atoms with van der Waals surface area (Å²) in [7, 11) is 1.78. The summed E-state index contributed by atoms with van der Waals surface area (Å²) in [5, 5.41) is 10.2. The van der Waals surface area contributed by atoms with Crippen molar-refractivity contribution in [3.8, 4) is 11.4 Å². The fourth-order valence-corrected chi connectivity index (χ4v) is 4.07. The van der Waals surface area contributed by atoms with Gasteiger partial charge in [0.2, 0.25) is 0 Å². The molecule has 1 aliphatic rings. The zero-order valence-corrected chi connectivity index (χ0v) is 18.7. The number of benzene rings is 3. The molecular formula is C27H22N4O3. The Morgan fingerprint density at radius 1 is 0.853 bits per heavy atom. The number of aromatic hydroxyl groups is 1. The molecule has 0 fully saturated rings. The first kappa shape index (κ1) is 21.2. The normalized spacial score (nSPS) is 14.6. The molecule has 0 saturated carbocycles. The number of para-hydroxylation sites is 2. The van der Waals surface area contributed by atoms with E-state index in [1.807, 2.05) is 60.7 Å². The van der Waals surface area contributed by atoms with Crippen molar-refractivity contribution in [2.45, 2.75) is 6.92 Å². The molecule has 0 aliphatic carbocycles. The standard InChI is InChI=1S/C27H22N4O3/c1-18-24(27(34)31(29(18)2)21-14-7-4-8-15-21)30-25(19-11-5-3-6-12-19)28-22(26(30)33)17-20-13-9-10-16-23(20)32/h3-17,32H,1-2H3. The molecule has 34 heavy (non-hydrogen) atoms. The Balaban J connectivity index is 1.71. The molecule has 3 aromatic carbocycles. The maximum atomic E-state index is 13.7. The monoisotopic (exact) mass is 450 g/mol. The fraction of sp³-hybridized carbons (Fsp3) is 0.0741. The highest BCUT2D eigenvalue weighted by atomic mass is 16.3. The fourth-order valence-electron chi connectivity index (χ4n) is 4.07. The zero-order chi connectivity index (χ0) is 23.8. The van der Waals surface area contributed by atoms with E-state index >= 15 is 0 Å². The summed E-state index contributed by atoms with van der Waals surface area (Å²) in [6.07, 6.45) is 1.54. The van der Waals surface area contributed by atoms with E-state index < -0.39 is 5.91 Å². The molecule has 168 valence electrons. The first-order chi connectivity index (χ1) is 16.5. The molecule has 1 aliphatic heterocycles. The van der Waals surface area contributed by atoms with Crippen LogP contribution < -0.4 is 10.5 Å². The minimum Gasteiger partial charge on any atom is -0.507 e. The van der Waals surface area contributed by atoms with Crippen LogP contribution in [0.5, 0.6) is 5.75 Å². The Hall–Kier alpha value is -4.65. The smallest absolute Gasteiger partial charge is 0.296 e. The molecular weight excluding hydrogens is 428 g/mol. The highest BCUT2D eigenvalue weighted by molar-refractivity contribution is 6.33. The van der Waals surface area contributed by atoms with Gasteiger partial charge in [-0.05, 0) is 31.2 Å². The van der Waals surface area contributed by atoms with E-state index in [1.54, 1.807) is 42.9 Å². The summed E-state index contributed by atoms with van der Waals surface area (Å²) < 4.78 is 3.26. The summed E-state index contributed by atoms with van der Waals surface area (Å²) in [6, 6.07) is 25.3. The van der Waals surface area contributed by atoms with E-state index in [0.717, 1.165) is 0 Å². The van der Waals surface area contributed by atoms with Crippen molar-refractivity contribution < 1.29 is 9.90 Å². The number of phenolic OH excluding ortho intramolecular Hbond substituents is 1. The molecule has 7 heteroatoms. The van der Waals surface area contributed by atoms with Crippen LogP contribution >= 0.6 is 0 Å². The summed E-state index contributed by atoms with van der Waals surface area (Å²) in [4.78, 5) is 33.3. The lowest BCUT2D eigenvalue weighted by Gasteiger charge is -2.17. The molecule has 0 saturated heterocycles. The predicted molar refractivity (Wildman–Crippen MR) is 132 cm³/mol. The van der Waals surface area contributed by atoms with Crippen LogP contribution in [-0.4, -0.2) is 26.2 Å². The van der Waals surface area contributed by atoms with E-state index in [-0.39, 0.29) is 22.7 Å². The molecule has 0 atom stereocenters. The van der Waals surface area contributed by atoms with Gasteiger partial charge >= 0.3 is 0 Å². The van der Waals surface area contributed by atoms with Crippen LogP contribution in [0.25, 0.3) is 11.8 Å². The van der Waals surface area contributed by atoms with E-state index in [4.69, 9.17) is 0 Å². The molecule has 2 heterocycles. The molecule has 0 unspecified atom stereocenters. The number of amides is 1. The minimum atomic E-state index is -0.437. The van der Waals surface area contributed by atoms with Crippen LogP contribution in [0.4, 0.5) is 5.69 Å². The third kappa shape index (κ3) is 3.44. The lowest BCUT2D eigenvalue weighted by atomic mass is 10.1. The largest absolute Gasteiger partial charge is 0.507 e. The zero-order valence-electron chi connectivity index (χ0n) is 18.7. The number of aliphatic imine (C=N–C) groups is 1. The second kappa shape index (κ2) is 8.37. The third-order valence-corrected chi connectivity index (χ3v) is 5.87. The number of hydrogen-bond acceptors (Lipinski definition) is 4. The highest BCUT2D eigenvalue weighted by Crippen LogP contribution is 2.30. The van der Waals surface area contributed by atoms with Gasteiger partial charge in [0.1, 0.15) is 23.0 Å². The Bertz CT molecular complexity index is 1510. The average molecular weight is 450 g/mol. The Morgan fingerprint density at radius 2 is 1.47 bits per heavy atom. The van der Waals surface area contributed by atoms with Crippen LogP contribution in [0, 0.1) is 6.92 Å². The predicted octanol–water partition coefficient (Wildman–Crippen LogP) is 4.02. The summed E-state index contributed by atoms with van der Waals surface area (Å²) in [5.41, 5.74) is 2.52. The van der Waals surface area contributed by atoms with Gasteiger partial charge in [-0.3, -0.25) is 19.2 Å². The number of carbonyl (C=O) groups is 1. The molecule has 1 aromatic heterocycles. The van der Waals surface area contributed by atoms with Gasteiger partial charge < -0.3 is 5.11 Å². The highest BCUT2D eigenvalue weighted by Gasteiger charge is 2.37. The molecule has 1 amide bonds. The molecule has 1 N–H and O–H groups in total. The Kier molecular flexibility index (Phi) is 5.22. The molecule has 4 aromatic rings. The number of phenols is 1. The Labute approximate surface area is 196 Å². The van der Waals surface area contributed by atoms with Crippen molar-refractivity contribution >= 4 is 23.5 Å². The molecule has 5 rings (SSSR count). The van der Waals surface area contributed by atoms with Gasteiger partial charge in [0.05, 0.1) is 11.4 Å². The number of nitrogens with zero attached hydrogens (tertiary/aromatic N) is 4. The van der Waals surface area contributed by atoms with Crippen molar-refractivity contribution in [2.24, 2.45) is 12.0 Å². The van der Waals surface area contributed by atoms with E-state index in [9.17, 15) is 14.7 Å². The van der Waals surface area contributed by atoms with Gasteiger partial charge in [0.15, 0.2) is 0 Å². The van der Waals surface area contributed by atoms with Crippen molar-refractivity contribution in [3.05, 3.63) is 118 Å². The SMILES string of the molecule is Cc1c(N2C(=O)C(=Cc3ccccc3O)N=C2c2ccccc2)c(=O)n(-c2ccccc2)n1C. The molecule has 7 nitrogen and oxygen atoms in total. The van der Waals surface area contributed by atoms with Gasteiger partial charge in [0, 0.05) is 18.2 Å². The molecule has 0 spiro atoms. The number of rotatable bonds is 4. The van der Waals surface area contributed by atoms with Crippen LogP contribution in [-0.2, 0) is 11.8 Å². The summed E-state index contributed by atoms with van der Waals surface area (Å²) in [6.45, 7) is 1.80. The van der Waals surface area contributed by atoms with Crippen LogP contribution in [0.1, 0.15) is 16.8 Å². The maximum Gasteiger partial charge on any atom is 0.296 e. The summed E-state index contributed by atoms with van der Waals surface area (Å²) in [5.74, 6) is -0.0357. The van der Waals surface area contributed by atoms with Gasteiger partial charge in [-0.25, -0.2) is 9.67 Å². The van der Waals surface area contributed by atoms with Crippen LogP contribution in [0.2, 0.25) is 0 Å². The number of anilines is 1. The minimum absolute atomic E-state index is 0.0417. The second-order valence-corrected chi connectivity index (χ2v) is 7.94.